The molecule has 0 unspecified atom stereocenters. The Hall–Kier alpha value is -2.29. The van der Waals surface area contributed by atoms with Crippen molar-refractivity contribution in [1.29, 1.82) is 0 Å². The van der Waals surface area contributed by atoms with Crippen molar-refractivity contribution >= 4 is 29.1 Å². The van der Waals surface area contributed by atoms with Crippen molar-refractivity contribution in [3.8, 4) is 0 Å². The quantitative estimate of drug-likeness (QED) is 0.702. The van der Waals surface area contributed by atoms with Gasteiger partial charge in [0.2, 0.25) is 5.91 Å². The summed E-state index contributed by atoms with van der Waals surface area (Å²) in [5.74, 6) is -0.171. The molecule has 3 fully saturated rings. The van der Waals surface area contributed by atoms with Crippen LogP contribution in [0, 0.1) is 5.92 Å². The average molecular weight is 455 g/mol. The van der Waals surface area contributed by atoms with Crippen molar-refractivity contribution in [1.82, 2.24) is 19.2 Å². The minimum absolute atomic E-state index is 0.0736. The first-order valence-corrected chi connectivity index (χ1v) is 11.0. The Balaban J connectivity index is 1.42. The van der Waals surface area contributed by atoms with Crippen LogP contribution in [0.5, 0.6) is 0 Å². The molecule has 1 saturated heterocycles. The molecule has 2 aromatic rings. The maximum Gasteiger partial charge on any atom is 0.419 e. The maximum absolute atomic E-state index is 13.7. The molecule has 0 radical (unpaired) electrons. The third-order valence-corrected chi connectivity index (χ3v) is 6.91. The van der Waals surface area contributed by atoms with Crippen molar-refractivity contribution in [3.63, 3.8) is 0 Å². The smallest absolute Gasteiger partial charge is 0.339 e. The second-order valence-corrected chi connectivity index (χ2v) is 9.13. The lowest BCUT2D eigenvalue weighted by atomic mass is 9.85. The van der Waals surface area contributed by atoms with Crippen molar-refractivity contribution in [2.45, 2.75) is 44.2 Å². The Bertz CT molecular complexity index is 1060. The number of amides is 2. The summed E-state index contributed by atoms with van der Waals surface area (Å²) < 4.78 is 42.2. The lowest BCUT2D eigenvalue weighted by Gasteiger charge is -2.38. The highest BCUT2D eigenvalue weighted by molar-refractivity contribution is 6.33. The van der Waals surface area contributed by atoms with E-state index in [9.17, 15) is 22.8 Å². The third kappa shape index (κ3) is 3.77. The molecule has 2 aromatic heterocycles. The van der Waals surface area contributed by atoms with Crippen LogP contribution in [0.2, 0.25) is 5.15 Å². The molecule has 0 spiro atoms. The van der Waals surface area contributed by atoms with E-state index in [0.29, 0.717) is 31.1 Å². The van der Waals surface area contributed by atoms with Crippen molar-refractivity contribution in [3.05, 3.63) is 34.2 Å². The first kappa shape index (κ1) is 20.6. The number of aromatic nitrogens is 2. The highest BCUT2D eigenvalue weighted by atomic mass is 35.5. The summed E-state index contributed by atoms with van der Waals surface area (Å²) in [6, 6.07) is 1.10. The van der Waals surface area contributed by atoms with Crippen molar-refractivity contribution in [2.75, 3.05) is 26.2 Å². The monoisotopic (exact) mass is 454 g/mol. The fourth-order valence-electron chi connectivity index (χ4n) is 4.33. The highest BCUT2D eigenvalue weighted by Crippen LogP contribution is 2.43. The summed E-state index contributed by atoms with van der Waals surface area (Å²) in [6.45, 7) is 1.30. The zero-order chi connectivity index (χ0) is 21.9. The van der Waals surface area contributed by atoms with Gasteiger partial charge >= 0.3 is 6.18 Å². The molecule has 3 heterocycles. The third-order valence-electron chi connectivity index (χ3n) is 6.55. The molecule has 6 nitrogen and oxygen atoms in total. The largest absolute Gasteiger partial charge is 0.419 e. The second-order valence-electron chi connectivity index (χ2n) is 8.77. The minimum Gasteiger partial charge on any atom is -0.339 e. The van der Waals surface area contributed by atoms with E-state index in [4.69, 9.17) is 11.6 Å². The van der Waals surface area contributed by atoms with E-state index in [-0.39, 0.29) is 34.9 Å². The first-order chi connectivity index (χ1) is 14.7. The topological polar surface area (TPSA) is 57.9 Å². The molecule has 10 heteroatoms. The van der Waals surface area contributed by atoms with E-state index in [1.807, 2.05) is 0 Å². The molecule has 0 aromatic carbocycles. The number of imidazole rings is 1. The van der Waals surface area contributed by atoms with Crippen LogP contribution in [0.15, 0.2) is 12.3 Å². The van der Waals surface area contributed by atoms with Crippen LogP contribution >= 0.6 is 11.6 Å². The lowest BCUT2D eigenvalue weighted by molar-refractivity contribution is -0.137. The number of halogens is 4. The van der Waals surface area contributed by atoms with Crippen LogP contribution in [0.1, 0.15) is 59.6 Å². The molecule has 2 aliphatic carbocycles. The molecular weight excluding hydrogens is 433 g/mol. The standard InChI is InChI=1S/C21H22ClF3N4O2/c22-18-17(20(31)28-7-6-27(16(30)11-28)9-12-2-1-3-12)26-19-15(21(23,24)25)8-14(10-29(18)19)13-4-5-13/h8,10,12-13H,1-7,9,11H2. The molecule has 0 N–H and O–H groups in total. The number of carbonyl (C=O) groups excluding carboxylic acids is 2. The van der Waals surface area contributed by atoms with Crippen molar-refractivity contribution in [2.24, 2.45) is 5.92 Å². The van der Waals surface area contributed by atoms with Gasteiger partial charge in [0, 0.05) is 25.8 Å². The summed E-state index contributed by atoms with van der Waals surface area (Å²) in [5, 5.41) is -0.155. The van der Waals surface area contributed by atoms with Gasteiger partial charge in [-0.1, -0.05) is 18.0 Å². The van der Waals surface area contributed by atoms with Crippen molar-refractivity contribution < 1.29 is 22.8 Å². The summed E-state index contributed by atoms with van der Waals surface area (Å²) in [6.07, 6.45) is 2.00. The Morgan fingerprint density at radius 1 is 1.19 bits per heavy atom. The van der Waals surface area contributed by atoms with Crippen LogP contribution in [0.4, 0.5) is 13.2 Å². The molecule has 166 valence electrons. The van der Waals surface area contributed by atoms with Gasteiger partial charge in [0.1, 0.15) is 11.7 Å². The van der Waals surface area contributed by atoms with Gasteiger partial charge < -0.3 is 9.80 Å². The molecule has 31 heavy (non-hydrogen) atoms. The fraction of sp³-hybridized carbons (Fsp3) is 0.571. The maximum atomic E-state index is 13.7. The van der Waals surface area contributed by atoms with Gasteiger partial charge in [-0.25, -0.2) is 4.98 Å². The molecule has 2 amide bonds. The lowest BCUT2D eigenvalue weighted by Crippen LogP contribution is -2.53. The highest BCUT2D eigenvalue weighted by Gasteiger charge is 2.39. The average Bonchev–Trinajstić information content (AvgIpc) is 3.48. The normalized spacial score (nSPS) is 20.5. The molecule has 2 saturated carbocycles. The number of hydrogen-bond donors (Lipinski definition) is 0. The molecule has 3 aliphatic rings. The Morgan fingerprint density at radius 2 is 1.94 bits per heavy atom. The van der Waals surface area contributed by atoms with Gasteiger partial charge in [-0.05, 0) is 49.1 Å². The van der Waals surface area contributed by atoms with E-state index in [2.05, 4.69) is 4.98 Å². The van der Waals surface area contributed by atoms with E-state index in [1.54, 1.807) is 4.90 Å². The Morgan fingerprint density at radius 3 is 2.52 bits per heavy atom. The van der Waals surface area contributed by atoms with E-state index >= 15 is 0 Å². The Kier molecular flexibility index (Phi) is 4.91. The van der Waals surface area contributed by atoms with Gasteiger partial charge in [0.25, 0.3) is 5.91 Å². The second kappa shape index (κ2) is 7.39. The van der Waals surface area contributed by atoms with Gasteiger partial charge in [0.15, 0.2) is 11.3 Å². The van der Waals surface area contributed by atoms with Crippen LogP contribution in [-0.4, -0.2) is 57.2 Å². The van der Waals surface area contributed by atoms with Gasteiger partial charge in [-0.3, -0.25) is 14.0 Å². The Labute approximate surface area is 182 Å². The summed E-state index contributed by atoms with van der Waals surface area (Å²) in [5.41, 5.74) is -1.00. The van der Waals surface area contributed by atoms with Crippen LogP contribution in [-0.2, 0) is 11.0 Å². The SMILES string of the molecule is O=C1CN(C(=O)c2nc3c(C(F)(F)F)cc(C4CC4)cn3c2Cl)CCN1CC1CCC1. The van der Waals surface area contributed by atoms with Crippen LogP contribution < -0.4 is 0 Å². The zero-order valence-corrected chi connectivity index (χ0v) is 17.5. The molecule has 5 rings (SSSR count). The molecule has 0 bridgehead atoms. The summed E-state index contributed by atoms with van der Waals surface area (Å²) >= 11 is 6.34. The number of alkyl halides is 3. The number of carbonyl (C=O) groups is 2. The molecule has 0 atom stereocenters. The number of rotatable bonds is 4. The van der Waals surface area contributed by atoms with E-state index in [1.165, 1.54) is 17.5 Å². The molecular formula is C21H22ClF3N4O2. The first-order valence-electron chi connectivity index (χ1n) is 10.6. The molecule has 1 aliphatic heterocycles. The summed E-state index contributed by atoms with van der Waals surface area (Å²) in [7, 11) is 0. The predicted molar refractivity (Wildman–Crippen MR) is 107 cm³/mol. The number of fused-ring (bicyclic) bond motifs is 1. The number of piperazine rings is 1. The van der Waals surface area contributed by atoms with E-state index < -0.39 is 17.6 Å². The summed E-state index contributed by atoms with van der Waals surface area (Å²) in [4.78, 5) is 32.6. The van der Waals surface area contributed by atoms with E-state index in [0.717, 1.165) is 36.2 Å². The number of nitrogens with zero attached hydrogens (tertiary/aromatic N) is 4. The fourth-order valence-corrected chi connectivity index (χ4v) is 4.59. The van der Waals surface area contributed by atoms with Gasteiger partial charge in [0.05, 0.1) is 5.56 Å². The predicted octanol–water partition coefficient (Wildman–Crippen LogP) is 3.97. The van der Waals surface area contributed by atoms with Gasteiger partial charge in [-0.2, -0.15) is 13.2 Å². The van der Waals surface area contributed by atoms with Crippen LogP contribution in [0.3, 0.4) is 0 Å². The zero-order valence-electron chi connectivity index (χ0n) is 16.8. The number of pyridine rings is 1. The van der Waals surface area contributed by atoms with Gasteiger partial charge in [-0.15, -0.1) is 0 Å². The minimum atomic E-state index is -4.62. The van der Waals surface area contributed by atoms with Crippen LogP contribution in [0.25, 0.3) is 5.65 Å². The number of hydrogen-bond acceptors (Lipinski definition) is 3.